The fourth-order valence-electron chi connectivity index (χ4n) is 19.0. The van der Waals surface area contributed by atoms with Gasteiger partial charge in [0.1, 0.15) is 46.3 Å². The number of H-pyrrole nitrogens is 10. The maximum Gasteiger partial charge on any atom is 0.259 e. The van der Waals surface area contributed by atoms with E-state index in [4.69, 9.17) is 32.6 Å². The molecule has 5 aromatic carbocycles. The van der Waals surface area contributed by atoms with Crippen LogP contribution in [-0.2, 0) is 5.67 Å². The number of nitrogens with one attached hydrogen (secondary N) is 12. The van der Waals surface area contributed by atoms with E-state index >= 15 is 0 Å². The second-order valence-electron chi connectivity index (χ2n) is 36.6. The van der Waals surface area contributed by atoms with Gasteiger partial charge in [0.15, 0.2) is 5.67 Å². The molecule has 12 N–H and O–H groups in total. The molecular weight excluding hydrogens is 1700 g/mol. The van der Waals surface area contributed by atoms with Crippen LogP contribution in [0.4, 0.5) is 25.1 Å². The normalized spacial score (nSPS) is 14.8. The molecule has 0 radical (unpaired) electrons. The molecule has 24 rings (SSSR count). The molecule has 35 heteroatoms. The Hall–Kier alpha value is -15.1. The van der Waals surface area contributed by atoms with Gasteiger partial charge in [-0.15, -0.1) is 0 Å². The Morgan fingerprint density at radius 2 is 0.627 bits per heavy atom. The molecule has 15 heterocycles. The van der Waals surface area contributed by atoms with Crippen LogP contribution in [0.15, 0.2) is 83.3 Å². The second kappa shape index (κ2) is 33.0. The largest absolute Gasteiger partial charge is 0.361 e. The van der Waals surface area contributed by atoms with Gasteiger partial charge in [0.25, 0.3) is 5.92 Å². The Labute approximate surface area is 766 Å². The van der Waals surface area contributed by atoms with Crippen LogP contribution in [0.2, 0.25) is 0 Å². The van der Waals surface area contributed by atoms with Gasteiger partial charge in [-0.1, -0.05) is 25.8 Å². The number of anilines is 2. The van der Waals surface area contributed by atoms with E-state index < -0.39 is 17.5 Å². The first kappa shape index (κ1) is 87.0. The standard InChI is InChI=1S/C21H24N6O.C20H19F2N5O.C20H20FN5O.C20H22N6O.C18H19N5O/c1-10-18(11(2)26-25-10)16-7-15(19-12(3)27-28-13(19)4)8-17-20(16)24-21(23-17)22-9-14-5-6-14;1-8-16(9(2)26-25-8)13-5-12(17-10(3)27-28-11(17)4)6-15-18(13)24-19(23-15)14-7-20(14,21)22;1-9-16(10(2)25-24-9)14-7-13(17-11(3)26-27-12(17)4)8-15-18(14)23-19(22-15)20(21)5-6-20;1-9-17(10(2)25-24-9)15-7-13(18-11(3)26-27-12(18)4)8-16-19(15)23-20(22-16)21-14-5-6-14;1-8-16(9(2)22-21-8)14-6-13(17-10(3)23-24-11(17)4)7-15-18(14)20-12(5)19-15/h7-8,14H,5-6,9H2,1-4H3,(H,25,26)(H2,22,23,24);5-6,14H,7H2,1-4H3,(H,23,24)(H,25,26);7-8H,5-6H2,1-4H3,(H,22,23)(H,24,25);7-8,14H,5-6H2,1-4H3,(H,24,25)(H2,21,22,23);6-7H,1-5H3,(H,19,20)(H,21,22). The number of imidazole rings is 5. The van der Waals surface area contributed by atoms with Gasteiger partial charge in [-0.25, -0.2) is 38.1 Å². The monoisotopic (exact) mass is 1810 g/mol. The number of aromatic amines is 10. The molecule has 1 atom stereocenters. The summed E-state index contributed by atoms with van der Waals surface area (Å²) in [5.74, 6) is 4.43. The lowest BCUT2D eigenvalue weighted by Crippen LogP contribution is -2.04. The number of alkyl halides is 3. The topological polar surface area (TPSA) is 441 Å². The number of hydrogen-bond acceptors (Lipinski definition) is 22. The Morgan fingerprint density at radius 3 is 0.925 bits per heavy atom. The Balaban J connectivity index is 0.000000104. The molecule has 134 heavy (non-hydrogen) atoms. The highest BCUT2D eigenvalue weighted by Gasteiger charge is 2.59. The Kier molecular flexibility index (Phi) is 21.4. The summed E-state index contributed by atoms with van der Waals surface area (Å²) in [5.41, 5.74) is 41.4. The van der Waals surface area contributed by atoms with E-state index in [-0.39, 0.29) is 6.42 Å². The summed E-state index contributed by atoms with van der Waals surface area (Å²) in [6.45, 7) is 42.2. The van der Waals surface area contributed by atoms with Crippen LogP contribution in [0.5, 0.6) is 0 Å². The third-order valence-electron chi connectivity index (χ3n) is 26.1. The zero-order valence-corrected chi connectivity index (χ0v) is 78.5. The fraction of sp³-hybridized carbons (Fsp3) is 0.343. The van der Waals surface area contributed by atoms with Crippen molar-refractivity contribution in [2.75, 3.05) is 17.2 Å². The van der Waals surface area contributed by atoms with Crippen molar-refractivity contribution in [1.82, 2.24) is 127 Å². The lowest BCUT2D eigenvalue weighted by atomic mass is 9.96. The van der Waals surface area contributed by atoms with Crippen LogP contribution in [0.3, 0.4) is 0 Å². The van der Waals surface area contributed by atoms with Crippen molar-refractivity contribution in [3.63, 3.8) is 0 Å². The van der Waals surface area contributed by atoms with Crippen LogP contribution in [0.25, 0.3) is 166 Å². The van der Waals surface area contributed by atoms with Gasteiger partial charge in [0.2, 0.25) is 11.9 Å². The highest BCUT2D eigenvalue weighted by Crippen LogP contribution is 2.56. The third-order valence-corrected chi connectivity index (χ3v) is 26.1. The van der Waals surface area contributed by atoms with E-state index in [0.29, 0.717) is 47.3 Å². The number of rotatable bonds is 17. The molecule has 0 aliphatic heterocycles. The highest BCUT2D eigenvalue weighted by atomic mass is 19.3. The minimum Gasteiger partial charge on any atom is -0.361 e. The number of aromatic nitrogens is 25. The van der Waals surface area contributed by atoms with E-state index in [1.807, 2.05) is 164 Å². The van der Waals surface area contributed by atoms with Gasteiger partial charge in [-0.05, 0) is 278 Å². The smallest absolute Gasteiger partial charge is 0.259 e. The minimum absolute atomic E-state index is 0.164. The van der Waals surface area contributed by atoms with Gasteiger partial charge in [0, 0.05) is 131 Å². The van der Waals surface area contributed by atoms with E-state index in [0.717, 1.165) is 294 Å². The summed E-state index contributed by atoms with van der Waals surface area (Å²) < 4.78 is 68.8. The first-order valence-corrected chi connectivity index (χ1v) is 45.1. The predicted molar refractivity (Wildman–Crippen MR) is 508 cm³/mol. The molecule has 32 nitrogen and oxygen atoms in total. The van der Waals surface area contributed by atoms with Crippen molar-refractivity contribution in [1.29, 1.82) is 0 Å². The summed E-state index contributed by atoms with van der Waals surface area (Å²) in [7, 11) is 0. The number of nitrogens with zero attached hydrogens (tertiary/aromatic N) is 15. The average Bonchev–Trinajstić information content (AvgIpc) is 1.58. The lowest BCUT2D eigenvalue weighted by Gasteiger charge is -2.08. The fourth-order valence-corrected chi connectivity index (χ4v) is 19.0. The number of hydrogen-bond donors (Lipinski definition) is 12. The molecule has 4 aliphatic rings. The van der Waals surface area contributed by atoms with Crippen molar-refractivity contribution < 1.29 is 35.8 Å². The predicted octanol–water partition coefficient (Wildman–Crippen LogP) is 23.0. The molecule has 686 valence electrons. The molecule has 20 aromatic rings. The number of fused-ring (bicyclic) bond motifs is 5. The molecule has 4 aliphatic carbocycles. The van der Waals surface area contributed by atoms with Crippen LogP contribution >= 0.6 is 0 Å². The summed E-state index contributed by atoms with van der Waals surface area (Å²) in [4.78, 5) is 40.2. The third kappa shape index (κ3) is 15.9. The minimum atomic E-state index is -2.68. The number of aryl methyl sites for hydroxylation is 21. The van der Waals surface area contributed by atoms with Gasteiger partial charge >= 0.3 is 0 Å². The number of halogens is 3. The van der Waals surface area contributed by atoms with Crippen molar-refractivity contribution in [2.24, 2.45) is 5.92 Å². The van der Waals surface area contributed by atoms with Crippen molar-refractivity contribution in [2.45, 2.75) is 214 Å². The SMILES string of the molecule is Cc1n[nH]c(C)c1-c1cc(-c2c(C)noc2C)cc2[nH]c(C3(F)CC3)nc12.Cc1n[nH]c(C)c1-c1cc(-c2c(C)noc2C)cc2[nH]c(C3CC3(F)F)nc12.Cc1n[nH]c(C)c1-c1cc(-c2c(C)noc2C)cc2[nH]c(NC3CC3)nc12.Cc1n[nH]c(C)c1-c1cc(-c2c(C)noc2C)cc2[nH]c(NCC3CC3)nc12.Cc1nc2c(-c3c(C)n[nH]c3C)cc(-c3c(C)noc3C)cc2[nH]1. The summed E-state index contributed by atoms with van der Waals surface area (Å²) >= 11 is 0. The maximum absolute atomic E-state index is 14.7. The highest BCUT2D eigenvalue weighted by molar-refractivity contribution is 6.03. The van der Waals surface area contributed by atoms with Crippen LogP contribution in [0, 0.1) is 151 Å². The zero-order chi connectivity index (χ0) is 93.8. The summed E-state index contributed by atoms with van der Waals surface area (Å²) in [6, 6.07) is 21.4. The molecule has 0 amide bonds. The van der Waals surface area contributed by atoms with E-state index in [2.05, 4.69) is 170 Å². The van der Waals surface area contributed by atoms with Gasteiger partial charge in [-0.2, -0.15) is 25.5 Å². The number of benzene rings is 5. The quantitative estimate of drug-likeness (QED) is 0.0403. The van der Waals surface area contributed by atoms with Crippen LogP contribution in [-0.4, -0.2) is 145 Å². The van der Waals surface area contributed by atoms with E-state index in [1.165, 1.54) is 25.7 Å². The zero-order valence-electron chi connectivity index (χ0n) is 78.5. The Bertz CT molecular complexity index is 7790. The van der Waals surface area contributed by atoms with Crippen LogP contribution in [0.1, 0.15) is 183 Å². The van der Waals surface area contributed by atoms with Gasteiger partial charge < -0.3 is 58.2 Å². The molecule has 0 bridgehead atoms. The maximum atomic E-state index is 14.7. The Morgan fingerprint density at radius 1 is 0.328 bits per heavy atom. The van der Waals surface area contributed by atoms with E-state index in [9.17, 15) is 13.2 Å². The lowest BCUT2D eigenvalue weighted by molar-refractivity contribution is 0.111. The molecule has 0 saturated heterocycles. The molecule has 4 saturated carbocycles. The summed E-state index contributed by atoms with van der Waals surface area (Å²) in [6.07, 6.45) is 5.89. The second-order valence-corrected chi connectivity index (χ2v) is 36.6. The van der Waals surface area contributed by atoms with Gasteiger partial charge in [0.05, 0.1) is 118 Å². The first-order valence-electron chi connectivity index (χ1n) is 45.1. The van der Waals surface area contributed by atoms with Crippen molar-refractivity contribution in [3.05, 3.63) is 192 Å². The molecule has 0 spiro atoms. The molecule has 1 unspecified atom stereocenters. The molecule has 4 fully saturated rings. The summed E-state index contributed by atoms with van der Waals surface area (Å²) in [5, 5.41) is 64.4. The van der Waals surface area contributed by atoms with Crippen LogP contribution < -0.4 is 10.6 Å². The first-order chi connectivity index (χ1) is 64.1. The van der Waals surface area contributed by atoms with Crippen molar-refractivity contribution in [3.8, 4) is 111 Å². The average molecular weight is 1810 g/mol. The molecule has 15 aromatic heterocycles. The van der Waals surface area contributed by atoms with E-state index in [1.54, 1.807) is 0 Å². The molecular formula is C99H104F3N27O5. The van der Waals surface area contributed by atoms with Gasteiger partial charge in [-0.3, -0.25) is 25.5 Å². The van der Waals surface area contributed by atoms with Crippen molar-refractivity contribution >= 4 is 67.1 Å².